The van der Waals surface area contributed by atoms with Crippen molar-refractivity contribution in [2.45, 2.75) is 118 Å². The molecule has 2 heteroatoms. The van der Waals surface area contributed by atoms with E-state index in [2.05, 4.69) is 81.7 Å². The smallest absolute Gasteiger partial charge is 0.299 e. The van der Waals surface area contributed by atoms with Crippen LogP contribution in [-0.2, 0) is 12.8 Å². The van der Waals surface area contributed by atoms with Gasteiger partial charge in [-0.05, 0) is 85.8 Å². The lowest BCUT2D eigenvalue weighted by atomic mass is 9.86. The van der Waals surface area contributed by atoms with Crippen molar-refractivity contribution in [2.24, 2.45) is 0 Å². The first-order chi connectivity index (χ1) is 17.5. The van der Waals surface area contributed by atoms with Gasteiger partial charge >= 0.3 is 0 Å². The summed E-state index contributed by atoms with van der Waals surface area (Å²) in [6.45, 7) is 11.1. The van der Waals surface area contributed by atoms with Gasteiger partial charge in [0.15, 0.2) is 0 Å². The highest BCUT2D eigenvalue weighted by Crippen LogP contribution is 2.33. The van der Waals surface area contributed by atoms with Crippen molar-refractivity contribution in [2.75, 3.05) is 0 Å². The minimum absolute atomic E-state index is 0.954. The number of unbranched alkanes of at least 4 members (excludes halogenated alkanes) is 7. The van der Waals surface area contributed by atoms with Gasteiger partial charge in [0.1, 0.15) is 0 Å². The van der Waals surface area contributed by atoms with E-state index in [4.69, 9.17) is 0 Å². The molecule has 36 heavy (non-hydrogen) atoms. The van der Waals surface area contributed by atoms with Gasteiger partial charge in [-0.15, -0.1) is 4.79 Å². The zero-order valence-electron chi connectivity index (χ0n) is 23.6. The second-order valence-corrected chi connectivity index (χ2v) is 10.4. The van der Waals surface area contributed by atoms with Crippen molar-refractivity contribution in [3.63, 3.8) is 0 Å². The van der Waals surface area contributed by atoms with Crippen LogP contribution in [0.4, 0.5) is 0 Å². The summed E-state index contributed by atoms with van der Waals surface area (Å²) < 4.78 is 0. The molecule has 0 unspecified atom stereocenters. The normalized spacial score (nSPS) is 11.6. The molecule has 0 aromatic heterocycles. The Bertz CT molecular complexity index is 1010. The van der Waals surface area contributed by atoms with Crippen molar-refractivity contribution in [1.82, 2.24) is 0 Å². The van der Waals surface area contributed by atoms with E-state index in [1.807, 2.05) is 6.08 Å². The molecular weight excluding hydrogens is 436 g/mol. The molecule has 0 N–H and O–H groups in total. The summed E-state index contributed by atoms with van der Waals surface area (Å²) in [6, 6.07) is 14.1. The van der Waals surface area contributed by atoms with Crippen LogP contribution in [0.25, 0.3) is 11.1 Å². The number of aryl methyl sites for hydroxylation is 4. The Balaban J connectivity index is 2.71. The van der Waals surface area contributed by atoms with E-state index in [9.17, 15) is 5.53 Å². The molecular formula is C34H48N2. The Morgan fingerprint density at radius 2 is 1.22 bits per heavy atom. The lowest BCUT2D eigenvalue weighted by Gasteiger charge is -2.18. The molecule has 0 aliphatic carbocycles. The predicted molar refractivity (Wildman–Crippen MR) is 157 cm³/mol. The quantitative estimate of drug-likeness (QED) is 0.0747. The molecule has 2 aromatic carbocycles. The SMILES string of the molecule is CCCCCCC(C=C=[N+]=[N-])=C(c1cc(C)cc(C)c1)c1cc(CCCCC)cc(CCCCC)c1. The van der Waals surface area contributed by atoms with Gasteiger partial charge in [-0.3, -0.25) is 0 Å². The van der Waals surface area contributed by atoms with Crippen LogP contribution < -0.4 is 0 Å². The Labute approximate surface area is 221 Å². The number of allylic oxidation sites excluding steroid dienone is 2. The highest BCUT2D eigenvalue weighted by Gasteiger charge is 2.15. The molecule has 0 fully saturated rings. The van der Waals surface area contributed by atoms with Crippen LogP contribution in [0.15, 0.2) is 48.0 Å². The zero-order chi connectivity index (χ0) is 26.2. The highest BCUT2D eigenvalue weighted by molar-refractivity contribution is 5.86. The van der Waals surface area contributed by atoms with E-state index in [1.54, 1.807) is 0 Å². The largest absolute Gasteiger partial charge is 0.348 e. The van der Waals surface area contributed by atoms with Gasteiger partial charge in [-0.2, -0.15) is 0 Å². The fraction of sp³-hybridized carbons (Fsp3) is 0.529. The van der Waals surface area contributed by atoms with E-state index in [1.165, 1.54) is 102 Å². The molecule has 0 spiro atoms. The summed E-state index contributed by atoms with van der Waals surface area (Å²) >= 11 is 0. The van der Waals surface area contributed by atoms with E-state index < -0.39 is 0 Å². The maximum absolute atomic E-state index is 9.23. The van der Waals surface area contributed by atoms with Gasteiger partial charge in [0, 0.05) is 0 Å². The van der Waals surface area contributed by atoms with Crippen LogP contribution >= 0.6 is 0 Å². The molecule has 0 saturated carbocycles. The molecule has 0 amide bonds. The first kappa shape index (κ1) is 29.6. The molecule has 0 aliphatic rings. The molecule has 0 heterocycles. The molecule has 0 atom stereocenters. The number of rotatable bonds is 16. The summed E-state index contributed by atoms with van der Waals surface area (Å²) in [7, 11) is 0. The fourth-order valence-corrected chi connectivity index (χ4v) is 5.13. The van der Waals surface area contributed by atoms with Gasteiger partial charge in [-0.25, -0.2) is 0 Å². The summed E-state index contributed by atoms with van der Waals surface area (Å²) in [5, 5.41) is 0. The Hall–Kier alpha value is -2.66. The molecule has 0 bridgehead atoms. The Morgan fingerprint density at radius 1 is 0.694 bits per heavy atom. The van der Waals surface area contributed by atoms with Crippen molar-refractivity contribution in [1.29, 1.82) is 0 Å². The van der Waals surface area contributed by atoms with Crippen LogP contribution in [0.5, 0.6) is 0 Å². The topological polar surface area (TPSA) is 36.4 Å². The van der Waals surface area contributed by atoms with Gasteiger partial charge in [0.05, 0.1) is 6.08 Å². The molecule has 0 radical (unpaired) electrons. The molecule has 194 valence electrons. The molecule has 2 aromatic rings. The highest BCUT2D eigenvalue weighted by atomic mass is 14.8. The molecule has 0 aliphatic heterocycles. The molecule has 2 nitrogen and oxygen atoms in total. The number of nitrogens with zero attached hydrogens (tertiary/aromatic N) is 2. The lowest BCUT2D eigenvalue weighted by molar-refractivity contribution is 0.00800. The maximum Gasteiger partial charge on any atom is 0.299 e. The molecule has 2 rings (SSSR count). The van der Waals surface area contributed by atoms with E-state index in [0.717, 1.165) is 25.7 Å². The van der Waals surface area contributed by atoms with Crippen LogP contribution in [0.2, 0.25) is 0 Å². The predicted octanol–water partition coefficient (Wildman–Crippen LogP) is 10.00. The lowest BCUT2D eigenvalue weighted by Crippen LogP contribution is -2.00. The van der Waals surface area contributed by atoms with Crippen LogP contribution in [0.1, 0.15) is 125 Å². The van der Waals surface area contributed by atoms with Gasteiger partial charge in [0.2, 0.25) is 0 Å². The maximum atomic E-state index is 9.23. The first-order valence-electron chi connectivity index (χ1n) is 14.4. The minimum atomic E-state index is 0.954. The number of benzene rings is 2. The summed E-state index contributed by atoms with van der Waals surface area (Å²) in [4.78, 5) is 3.22. The van der Waals surface area contributed by atoms with Gasteiger partial charge < -0.3 is 5.53 Å². The van der Waals surface area contributed by atoms with Crippen molar-refractivity contribution >= 4 is 11.4 Å². The second-order valence-electron chi connectivity index (χ2n) is 10.4. The Kier molecular flexibility index (Phi) is 13.9. The third kappa shape index (κ3) is 10.1. The zero-order valence-corrected chi connectivity index (χ0v) is 23.6. The summed E-state index contributed by atoms with van der Waals surface area (Å²) in [6.07, 6.45) is 17.4. The van der Waals surface area contributed by atoms with Crippen LogP contribution in [0.3, 0.4) is 0 Å². The van der Waals surface area contributed by atoms with Crippen LogP contribution in [-0.4, -0.2) is 10.7 Å². The third-order valence-electron chi connectivity index (χ3n) is 6.91. The minimum Gasteiger partial charge on any atom is -0.348 e. The van der Waals surface area contributed by atoms with Gasteiger partial charge in [0.25, 0.3) is 5.87 Å². The van der Waals surface area contributed by atoms with E-state index in [-0.39, 0.29) is 0 Å². The number of hydrogen-bond acceptors (Lipinski definition) is 0. The van der Waals surface area contributed by atoms with Crippen molar-refractivity contribution in [3.05, 3.63) is 87.0 Å². The van der Waals surface area contributed by atoms with Gasteiger partial charge in [-0.1, -0.05) is 113 Å². The van der Waals surface area contributed by atoms with Crippen LogP contribution in [0, 0.1) is 13.8 Å². The Morgan fingerprint density at radius 3 is 1.75 bits per heavy atom. The van der Waals surface area contributed by atoms with E-state index in [0.29, 0.717) is 0 Å². The standard InChI is InChI=1S/C34H48N2/c1-6-9-12-15-18-31(19-20-36-35)34(32-22-27(4)21-28(5)23-32)33-25-29(16-13-10-7-2)24-30(26-33)17-14-11-8-3/h19,21-26H,6-18H2,1-5H3. The summed E-state index contributed by atoms with van der Waals surface area (Å²) in [5.74, 6) is 2.75. The van der Waals surface area contributed by atoms with Crippen molar-refractivity contribution in [3.8, 4) is 0 Å². The second kappa shape index (κ2) is 16.9. The molecule has 0 saturated heterocycles. The summed E-state index contributed by atoms with van der Waals surface area (Å²) in [5.41, 5.74) is 19.7. The van der Waals surface area contributed by atoms with E-state index >= 15 is 0 Å². The fourth-order valence-electron chi connectivity index (χ4n) is 5.13. The average molecular weight is 485 g/mol. The van der Waals surface area contributed by atoms with Crippen molar-refractivity contribution < 1.29 is 4.79 Å². The third-order valence-corrected chi connectivity index (χ3v) is 6.91. The average Bonchev–Trinajstić information content (AvgIpc) is 2.84. The first-order valence-corrected chi connectivity index (χ1v) is 14.4. The number of hydrogen-bond donors (Lipinski definition) is 0. The monoisotopic (exact) mass is 484 g/mol.